The summed E-state index contributed by atoms with van der Waals surface area (Å²) in [7, 11) is 3.04. The molecule has 7 nitrogen and oxygen atoms in total. The lowest BCUT2D eigenvalue weighted by Crippen LogP contribution is -2.56. The van der Waals surface area contributed by atoms with Crippen molar-refractivity contribution in [2.24, 2.45) is 14.1 Å². The van der Waals surface area contributed by atoms with Crippen LogP contribution in [0.15, 0.2) is 9.59 Å². The van der Waals surface area contributed by atoms with Crippen molar-refractivity contribution in [3.63, 3.8) is 0 Å². The van der Waals surface area contributed by atoms with Crippen molar-refractivity contribution in [1.29, 1.82) is 5.26 Å². The summed E-state index contributed by atoms with van der Waals surface area (Å²) in [6.07, 6.45) is 3.59. The van der Waals surface area contributed by atoms with Crippen LogP contribution in [0.5, 0.6) is 0 Å². The fraction of sp³-hybridized carbons (Fsp3) is 0.667. The summed E-state index contributed by atoms with van der Waals surface area (Å²) < 4.78 is 2.43. The van der Waals surface area contributed by atoms with Crippen molar-refractivity contribution in [2.75, 3.05) is 31.1 Å². The van der Waals surface area contributed by atoms with Gasteiger partial charge in [0.05, 0.1) is 0 Å². The number of hydrogen-bond acceptors (Lipinski definition) is 5. The largest absolute Gasteiger partial charge is 0.354 e. The number of hydrogen-bond donors (Lipinski definition) is 0. The molecule has 2 saturated heterocycles. The quantitative estimate of drug-likeness (QED) is 0.708. The van der Waals surface area contributed by atoms with E-state index >= 15 is 0 Å². The highest BCUT2D eigenvalue weighted by Gasteiger charge is 2.31. The smallest absolute Gasteiger partial charge is 0.332 e. The fourth-order valence-corrected chi connectivity index (χ4v) is 3.65. The van der Waals surface area contributed by atoms with Gasteiger partial charge in [-0.2, -0.15) is 5.26 Å². The molecule has 7 heteroatoms. The van der Waals surface area contributed by atoms with Crippen LogP contribution in [-0.2, 0) is 14.1 Å². The topological polar surface area (TPSA) is 74.3 Å². The number of aromatic nitrogens is 2. The second kappa shape index (κ2) is 5.61. The van der Waals surface area contributed by atoms with Gasteiger partial charge < -0.3 is 4.90 Å². The fourth-order valence-electron chi connectivity index (χ4n) is 3.65. The highest BCUT2D eigenvalue weighted by atomic mass is 16.2. The van der Waals surface area contributed by atoms with E-state index in [2.05, 4.69) is 4.90 Å². The predicted molar refractivity (Wildman–Crippen MR) is 83.1 cm³/mol. The first-order valence-corrected chi connectivity index (χ1v) is 7.73. The summed E-state index contributed by atoms with van der Waals surface area (Å²) in [6.45, 7) is 3.55. The van der Waals surface area contributed by atoms with E-state index in [1.54, 1.807) is 7.05 Å². The van der Waals surface area contributed by atoms with Gasteiger partial charge in [0, 0.05) is 39.8 Å². The van der Waals surface area contributed by atoms with Crippen LogP contribution < -0.4 is 16.1 Å². The molecular formula is C15H21N5O2. The SMILES string of the molecule is Cn1c(N2CCN3CCCC[C@H]3C2)c(C#N)c(=O)n(C)c1=O. The summed E-state index contributed by atoms with van der Waals surface area (Å²) in [5.74, 6) is 0.473. The van der Waals surface area contributed by atoms with Crippen LogP contribution in [0.4, 0.5) is 5.82 Å². The molecule has 22 heavy (non-hydrogen) atoms. The van der Waals surface area contributed by atoms with E-state index in [1.165, 1.54) is 24.5 Å². The Morgan fingerprint density at radius 1 is 1.09 bits per heavy atom. The van der Waals surface area contributed by atoms with Gasteiger partial charge in [-0.05, 0) is 19.4 Å². The van der Waals surface area contributed by atoms with E-state index in [1.807, 2.05) is 11.0 Å². The first-order valence-electron chi connectivity index (χ1n) is 7.73. The molecule has 118 valence electrons. The second-order valence-electron chi connectivity index (χ2n) is 6.15. The molecule has 2 aliphatic rings. The molecule has 0 aliphatic carbocycles. The zero-order valence-corrected chi connectivity index (χ0v) is 13.1. The minimum atomic E-state index is -0.508. The normalized spacial score (nSPS) is 22.2. The minimum Gasteiger partial charge on any atom is -0.354 e. The van der Waals surface area contributed by atoms with E-state index in [0.29, 0.717) is 11.9 Å². The maximum absolute atomic E-state index is 12.2. The number of piperazine rings is 1. The number of rotatable bonds is 1. The number of nitrogens with zero attached hydrogens (tertiary/aromatic N) is 5. The number of piperidine rings is 1. The van der Waals surface area contributed by atoms with Gasteiger partial charge >= 0.3 is 5.69 Å². The van der Waals surface area contributed by atoms with Gasteiger partial charge in [-0.15, -0.1) is 0 Å². The summed E-state index contributed by atoms with van der Waals surface area (Å²) in [5, 5.41) is 9.39. The molecule has 2 fully saturated rings. The van der Waals surface area contributed by atoms with Crippen molar-refractivity contribution >= 4 is 5.82 Å². The first-order chi connectivity index (χ1) is 10.5. The molecule has 3 rings (SSSR count). The molecule has 0 aromatic carbocycles. The Labute approximate surface area is 129 Å². The Bertz CT molecular complexity index is 742. The highest BCUT2D eigenvalue weighted by molar-refractivity contribution is 5.54. The molecule has 0 bridgehead atoms. The first kappa shape index (κ1) is 14.9. The van der Waals surface area contributed by atoms with E-state index in [0.717, 1.165) is 37.2 Å². The van der Waals surface area contributed by atoms with Gasteiger partial charge in [0.15, 0.2) is 5.56 Å². The Hall–Kier alpha value is -2.07. The molecule has 0 amide bonds. The zero-order valence-electron chi connectivity index (χ0n) is 13.1. The molecule has 2 aliphatic heterocycles. The molecular weight excluding hydrogens is 282 g/mol. The van der Waals surface area contributed by atoms with Crippen LogP contribution in [0.25, 0.3) is 0 Å². The lowest BCUT2D eigenvalue weighted by molar-refractivity contribution is 0.132. The second-order valence-corrected chi connectivity index (χ2v) is 6.15. The Morgan fingerprint density at radius 3 is 2.59 bits per heavy atom. The van der Waals surface area contributed by atoms with Crippen LogP contribution in [0.3, 0.4) is 0 Å². The molecule has 0 saturated carbocycles. The van der Waals surface area contributed by atoms with E-state index in [9.17, 15) is 14.9 Å². The third kappa shape index (κ3) is 2.24. The van der Waals surface area contributed by atoms with Crippen molar-refractivity contribution < 1.29 is 0 Å². The molecule has 1 aromatic rings. The average Bonchev–Trinajstić information content (AvgIpc) is 2.55. The number of fused-ring (bicyclic) bond motifs is 1. The van der Waals surface area contributed by atoms with Crippen LogP contribution in [0.2, 0.25) is 0 Å². The average molecular weight is 303 g/mol. The molecule has 0 radical (unpaired) electrons. The van der Waals surface area contributed by atoms with E-state index in [-0.39, 0.29) is 11.3 Å². The number of nitriles is 1. The molecule has 0 spiro atoms. The Morgan fingerprint density at radius 2 is 1.86 bits per heavy atom. The molecule has 0 N–H and O–H groups in total. The molecule has 3 heterocycles. The van der Waals surface area contributed by atoms with Gasteiger partial charge in [0.25, 0.3) is 5.56 Å². The highest BCUT2D eigenvalue weighted by Crippen LogP contribution is 2.25. The lowest BCUT2D eigenvalue weighted by Gasteiger charge is -2.45. The van der Waals surface area contributed by atoms with Gasteiger partial charge in [-0.1, -0.05) is 6.42 Å². The monoisotopic (exact) mass is 303 g/mol. The number of anilines is 1. The summed E-state index contributed by atoms with van der Waals surface area (Å²) in [6, 6.07) is 2.45. The molecule has 1 atom stereocenters. The van der Waals surface area contributed by atoms with Gasteiger partial charge in [0.2, 0.25) is 0 Å². The van der Waals surface area contributed by atoms with Gasteiger partial charge in [-0.25, -0.2) is 4.79 Å². The molecule has 0 unspecified atom stereocenters. The van der Waals surface area contributed by atoms with Crippen LogP contribution in [0, 0.1) is 11.3 Å². The van der Waals surface area contributed by atoms with Crippen molar-refractivity contribution in [3.8, 4) is 6.07 Å². The lowest BCUT2D eigenvalue weighted by atomic mass is 9.99. The minimum absolute atomic E-state index is 0.0638. The summed E-state index contributed by atoms with van der Waals surface area (Å²) >= 11 is 0. The van der Waals surface area contributed by atoms with E-state index in [4.69, 9.17) is 0 Å². The van der Waals surface area contributed by atoms with Crippen molar-refractivity contribution in [3.05, 3.63) is 26.4 Å². The van der Waals surface area contributed by atoms with Gasteiger partial charge in [0.1, 0.15) is 11.9 Å². The summed E-state index contributed by atoms with van der Waals surface area (Å²) in [5.41, 5.74) is -0.828. The van der Waals surface area contributed by atoms with Crippen LogP contribution in [0.1, 0.15) is 24.8 Å². The van der Waals surface area contributed by atoms with Crippen LogP contribution >= 0.6 is 0 Å². The third-order valence-corrected chi connectivity index (χ3v) is 4.88. The maximum Gasteiger partial charge on any atom is 0.332 e. The third-order valence-electron chi connectivity index (χ3n) is 4.88. The molecule has 1 aromatic heterocycles. The van der Waals surface area contributed by atoms with Gasteiger partial charge in [-0.3, -0.25) is 18.8 Å². The Kier molecular flexibility index (Phi) is 3.79. The maximum atomic E-state index is 12.2. The van der Waals surface area contributed by atoms with E-state index < -0.39 is 5.56 Å². The zero-order chi connectivity index (χ0) is 15.9. The summed E-state index contributed by atoms with van der Waals surface area (Å²) in [4.78, 5) is 28.9. The Balaban J connectivity index is 2.04. The van der Waals surface area contributed by atoms with Crippen molar-refractivity contribution in [1.82, 2.24) is 14.0 Å². The standard InChI is InChI=1S/C15H21N5O2/c1-17-13(12(9-16)14(21)18(2)15(17)22)20-8-7-19-6-4-3-5-11(19)10-20/h11H,3-8,10H2,1-2H3/t11-/m0/s1. The predicted octanol–water partition coefficient (Wildman–Crippen LogP) is -0.370. The van der Waals surface area contributed by atoms with Crippen LogP contribution in [-0.4, -0.2) is 46.3 Å². The van der Waals surface area contributed by atoms with Crippen molar-refractivity contribution in [2.45, 2.75) is 25.3 Å².